The monoisotopic (exact) mass is 641 g/mol. The molecule has 47 heavy (non-hydrogen) atoms. The molecule has 5 rings (SSSR count). The Morgan fingerprint density at radius 2 is 1.83 bits per heavy atom. The number of H-pyrrole nitrogens is 1. The van der Waals surface area contributed by atoms with Crippen LogP contribution in [0.15, 0.2) is 71.4 Å². The van der Waals surface area contributed by atoms with E-state index in [2.05, 4.69) is 57.0 Å². The molecule has 0 radical (unpaired) electrons. The Kier molecular flexibility index (Phi) is 12.5. The summed E-state index contributed by atoms with van der Waals surface area (Å²) >= 11 is 0. The molecule has 0 bridgehead atoms. The van der Waals surface area contributed by atoms with Crippen LogP contribution in [0, 0.1) is 11.8 Å². The summed E-state index contributed by atoms with van der Waals surface area (Å²) < 4.78 is 0. The molecule has 0 spiro atoms. The molecule has 5 atom stereocenters. The van der Waals surface area contributed by atoms with Crippen molar-refractivity contribution in [2.75, 3.05) is 18.5 Å². The van der Waals surface area contributed by atoms with Crippen LogP contribution in [0.3, 0.4) is 0 Å². The second-order valence-electron chi connectivity index (χ2n) is 13.3. The summed E-state index contributed by atoms with van der Waals surface area (Å²) in [5.74, 6) is 0.978. The zero-order valence-electron chi connectivity index (χ0n) is 27.4. The van der Waals surface area contributed by atoms with Crippen LogP contribution in [0.25, 0.3) is 10.8 Å². The number of aryl methyl sites for hydroxylation is 1. The van der Waals surface area contributed by atoms with Crippen molar-refractivity contribution in [3.8, 4) is 0 Å². The van der Waals surface area contributed by atoms with Gasteiger partial charge in [-0.3, -0.25) is 4.99 Å². The summed E-state index contributed by atoms with van der Waals surface area (Å²) in [5, 5.41) is 28.6. The Labute approximate surface area is 278 Å². The molecule has 252 valence electrons. The molecule has 9 heteroatoms. The lowest BCUT2D eigenvalue weighted by Gasteiger charge is -2.38. The van der Waals surface area contributed by atoms with Crippen molar-refractivity contribution in [3.05, 3.63) is 77.5 Å². The van der Waals surface area contributed by atoms with Gasteiger partial charge in [0.15, 0.2) is 5.96 Å². The Morgan fingerprint density at radius 3 is 2.55 bits per heavy atom. The van der Waals surface area contributed by atoms with Crippen molar-refractivity contribution in [2.24, 2.45) is 22.6 Å². The van der Waals surface area contributed by atoms with Crippen molar-refractivity contribution in [1.29, 1.82) is 0 Å². The molecule has 2 heterocycles. The average molecular weight is 642 g/mol. The lowest BCUT2D eigenvalue weighted by atomic mass is 9.69. The van der Waals surface area contributed by atoms with E-state index in [-0.39, 0.29) is 24.6 Å². The highest BCUT2D eigenvalue weighted by atomic mass is 16.4. The number of nitrogens with two attached hydrogens (primary N) is 1. The van der Waals surface area contributed by atoms with Crippen LogP contribution in [0.5, 0.6) is 0 Å². The summed E-state index contributed by atoms with van der Waals surface area (Å²) in [6.07, 6.45) is 15.5. The number of aliphatic imine (C=N–C) groups is 1. The second-order valence-corrected chi connectivity index (χ2v) is 13.3. The fraction of sp³-hybridized carbons (Fsp3) is 0.500. The van der Waals surface area contributed by atoms with E-state index < -0.39 is 5.97 Å². The number of carboxylic acid groups (broad SMARTS) is 1. The molecule has 1 aliphatic carbocycles. The Balaban J connectivity index is 1.37. The molecule has 2 aromatic carbocycles. The number of hydrogen-bond acceptors (Lipinski definition) is 7. The maximum absolute atomic E-state index is 12.2. The predicted octanol–water partition coefficient (Wildman–Crippen LogP) is 6.30. The summed E-state index contributed by atoms with van der Waals surface area (Å²) in [4.78, 5) is 31.2. The van der Waals surface area contributed by atoms with Crippen molar-refractivity contribution in [2.45, 2.75) is 95.1 Å². The van der Waals surface area contributed by atoms with Gasteiger partial charge < -0.3 is 36.4 Å². The number of aromatic amines is 1. The van der Waals surface area contributed by atoms with Gasteiger partial charge in [-0.1, -0.05) is 62.1 Å². The smallest absolute Gasteiger partial charge is 0.328 e. The minimum atomic E-state index is -0.966. The van der Waals surface area contributed by atoms with E-state index in [1.165, 1.54) is 28.0 Å². The number of benzene rings is 2. The van der Waals surface area contributed by atoms with Gasteiger partial charge in [0, 0.05) is 31.3 Å². The molecule has 9 nitrogen and oxygen atoms in total. The van der Waals surface area contributed by atoms with E-state index in [1.807, 2.05) is 18.3 Å². The first-order valence-corrected chi connectivity index (χ1v) is 17.4. The third-order valence-corrected chi connectivity index (χ3v) is 10.1. The van der Waals surface area contributed by atoms with Gasteiger partial charge in [-0.05, 0) is 103 Å². The molecule has 5 unspecified atom stereocenters. The number of nitrogens with zero attached hydrogens (tertiary/aromatic N) is 1. The van der Waals surface area contributed by atoms with Gasteiger partial charge in [-0.2, -0.15) is 0 Å². The normalized spacial score (nSPS) is 20.9. The number of aliphatic hydroxyl groups is 1. The van der Waals surface area contributed by atoms with Crippen molar-refractivity contribution in [1.82, 2.24) is 10.3 Å². The summed E-state index contributed by atoms with van der Waals surface area (Å²) in [5.41, 5.74) is 9.73. The highest BCUT2D eigenvalue weighted by molar-refractivity contribution is 5.85. The number of hydrogen-bond donors (Lipinski definition) is 6. The Morgan fingerprint density at radius 1 is 1.04 bits per heavy atom. The van der Waals surface area contributed by atoms with Gasteiger partial charge in [-0.15, -0.1) is 0 Å². The van der Waals surface area contributed by atoms with Gasteiger partial charge in [0.25, 0.3) is 0 Å². The van der Waals surface area contributed by atoms with Crippen LogP contribution in [0.4, 0.5) is 5.82 Å². The number of fused-ring (bicyclic) bond motifs is 2. The minimum Gasteiger partial charge on any atom is -0.478 e. The predicted molar refractivity (Wildman–Crippen MR) is 189 cm³/mol. The van der Waals surface area contributed by atoms with E-state index in [0.29, 0.717) is 37.2 Å². The first-order chi connectivity index (χ1) is 22.9. The average Bonchev–Trinajstić information content (AvgIpc) is 3.59. The molecular weight excluding hydrogens is 590 g/mol. The number of carbonyl (C=O) groups is 2. The van der Waals surface area contributed by atoms with Crippen LogP contribution in [0.2, 0.25) is 0 Å². The topological polar surface area (TPSA) is 153 Å². The van der Waals surface area contributed by atoms with Gasteiger partial charge in [0.1, 0.15) is 12.1 Å². The van der Waals surface area contributed by atoms with Crippen LogP contribution in [0.1, 0.15) is 87.7 Å². The van der Waals surface area contributed by atoms with Crippen molar-refractivity contribution in [3.63, 3.8) is 0 Å². The lowest BCUT2D eigenvalue weighted by molar-refractivity contribution is -0.131. The molecular formula is C38H51N5O4. The number of nitrogens with one attached hydrogen (secondary N) is 3. The zero-order chi connectivity index (χ0) is 33.0. The number of carbonyl (C=O) groups excluding carboxylic acids is 1. The summed E-state index contributed by atoms with van der Waals surface area (Å²) in [7, 11) is 0. The largest absolute Gasteiger partial charge is 0.478 e. The third-order valence-electron chi connectivity index (χ3n) is 10.1. The van der Waals surface area contributed by atoms with E-state index >= 15 is 0 Å². The minimum absolute atomic E-state index is 0.0440. The van der Waals surface area contributed by atoms with Gasteiger partial charge in [0.05, 0.1) is 12.1 Å². The highest BCUT2D eigenvalue weighted by Crippen LogP contribution is 2.44. The maximum Gasteiger partial charge on any atom is 0.328 e. The van der Waals surface area contributed by atoms with Gasteiger partial charge >= 0.3 is 5.97 Å². The Hall–Kier alpha value is -4.11. The number of carboxylic acids is 1. The van der Waals surface area contributed by atoms with E-state index in [0.717, 1.165) is 81.9 Å². The number of unbranched alkanes of at least 4 members (excludes halogenated alkanes) is 3. The van der Waals surface area contributed by atoms with Gasteiger partial charge in [-0.25, -0.2) is 4.79 Å². The molecule has 1 aliphatic heterocycles. The number of guanidine groups is 1. The molecule has 3 aromatic rings. The number of rotatable bonds is 18. The second kappa shape index (κ2) is 17.2. The molecule has 0 amide bonds. The molecule has 7 N–H and O–H groups in total. The van der Waals surface area contributed by atoms with Crippen molar-refractivity contribution >= 4 is 34.8 Å². The molecule has 0 fully saturated rings. The Bertz CT molecular complexity index is 1520. The van der Waals surface area contributed by atoms with Crippen LogP contribution in [-0.2, 0) is 16.0 Å². The summed E-state index contributed by atoms with van der Waals surface area (Å²) in [6, 6.07) is 16.8. The highest BCUT2D eigenvalue weighted by Gasteiger charge is 2.35. The van der Waals surface area contributed by atoms with Crippen LogP contribution >= 0.6 is 0 Å². The number of aliphatic hydroxyl groups excluding tert-OH is 1. The number of aromatic nitrogens is 1. The van der Waals surface area contributed by atoms with Crippen LogP contribution < -0.4 is 16.4 Å². The van der Waals surface area contributed by atoms with E-state index in [4.69, 9.17) is 10.8 Å². The molecule has 1 aromatic heterocycles. The summed E-state index contributed by atoms with van der Waals surface area (Å²) in [6.45, 7) is 0.690. The molecule has 0 saturated heterocycles. The quantitative estimate of drug-likeness (QED) is 0.0541. The third kappa shape index (κ3) is 9.47. The standard InChI is InChI=1S/C38H51N5O4/c39-38-41-19-17-34(43-38)33(24-37(46)47)35(42-36-14-7-18-40-36)23-30-16-15-29-21-27-11-5-6-12-28(27)22-32(29)31(30)13-4-2-1-3-9-26(25-45)10-8-20-44/h5-7,11-12,14,18,21-22,24-26,30-31,34-35,40,42,44H,1-4,8-10,13,15-17,19-20,23H2,(H,46,47)(H3,39,41,43). The molecule has 2 aliphatic rings. The zero-order valence-corrected chi connectivity index (χ0v) is 27.4. The number of aldehydes is 1. The molecule has 0 saturated carbocycles. The maximum atomic E-state index is 12.2. The van der Waals surface area contributed by atoms with Crippen LogP contribution in [-0.4, -0.2) is 58.6 Å². The van der Waals surface area contributed by atoms with Gasteiger partial charge in [0.2, 0.25) is 0 Å². The van der Waals surface area contributed by atoms with Crippen molar-refractivity contribution < 1.29 is 19.8 Å². The van der Waals surface area contributed by atoms with E-state index in [9.17, 15) is 14.7 Å². The first kappa shape index (κ1) is 34.2. The lowest BCUT2D eigenvalue weighted by Crippen LogP contribution is -2.48. The fourth-order valence-electron chi connectivity index (χ4n) is 7.73. The first-order valence-electron chi connectivity index (χ1n) is 17.4. The number of aliphatic carboxylic acids is 1. The number of anilines is 1. The van der Waals surface area contributed by atoms with E-state index in [1.54, 1.807) is 0 Å². The fourth-order valence-corrected chi connectivity index (χ4v) is 7.73. The SMILES string of the molecule is NC1=NCCC(C(=CC(=O)O)C(CC2CCc3cc4ccccc4cc3C2CCCCCCC(C=O)CCCO)Nc2ccc[nH]2)N1.